The summed E-state index contributed by atoms with van der Waals surface area (Å²) in [5.74, 6) is -0.476. The molecule has 0 bridgehead atoms. The number of halogens is 3. The largest absolute Gasteiger partial charge is 0.361 e. The van der Waals surface area contributed by atoms with Gasteiger partial charge in [0.15, 0.2) is 5.78 Å². The zero-order chi connectivity index (χ0) is 14.5. The molecule has 0 spiro atoms. The van der Waals surface area contributed by atoms with Crippen LogP contribution in [0.15, 0.2) is 59.2 Å². The molecule has 1 N–H and O–H groups in total. The molecule has 0 saturated carbocycles. The average molecular weight is 355 g/mol. The van der Waals surface area contributed by atoms with E-state index < -0.39 is 0 Å². The molecule has 0 radical (unpaired) electrons. The summed E-state index contributed by atoms with van der Waals surface area (Å²) in [6.07, 6.45) is 2.91. The molecule has 2 aromatic rings. The topological polar surface area (TPSA) is 29.1 Å². The van der Waals surface area contributed by atoms with Crippen molar-refractivity contribution in [2.45, 2.75) is 0 Å². The van der Waals surface area contributed by atoms with Gasteiger partial charge in [-0.2, -0.15) is 0 Å². The molecule has 0 aliphatic heterocycles. The molecule has 2 rings (SSSR count). The lowest BCUT2D eigenvalue weighted by Crippen LogP contribution is -1.96. The first-order valence-electron chi connectivity index (χ1n) is 5.74. The number of benzene rings is 2. The van der Waals surface area contributed by atoms with E-state index in [2.05, 4.69) is 21.2 Å². The van der Waals surface area contributed by atoms with E-state index in [4.69, 9.17) is 11.6 Å². The number of carbonyl (C=O) groups excluding carboxylic acids is 1. The molecule has 0 aliphatic rings. The molecule has 0 atom stereocenters. The first-order valence-corrected chi connectivity index (χ1v) is 6.91. The van der Waals surface area contributed by atoms with E-state index in [1.54, 1.807) is 30.3 Å². The fourth-order valence-electron chi connectivity index (χ4n) is 1.52. The van der Waals surface area contributed by atoms with E-state index in [0.29, 0.717) is 20.7 Å². The summed E-state index contributed by atoms with van der Waals surface area (Å²) in [5, 5.41) is 3.49. The van der Waals surface area contributed by atoms with Crippen LogP contribution in [0.2, 0.25) is 5.02 Å². The average Bonchev–Trinajstić information content (AvgIpc) is 2.42. The Morgan fingerprint density at radius 3 is 2.55 bits per heavy atom. The Morgan fingerprint density at radius 2 is 1.90 bits per heavy atom. The van der Waals surface area contributed by atoms with Crippen LogP contribution in [-0.4, -0.2) is 5.78 Å². The van der Waals surface area contributed by atoms with Gasteiger partial charge in [0.05, 0.1) is 5.69 Å². The van der Waals surface area contributed by atoms with Crippen molar-refractivity contribution in [2.75, 3.05) is 5.32 Å². The first-order chi connectivity index (χ1) is 9.56. The molecular formula is C15H10BrClFNO. The van der Waals surface area contributed by atoms with Crippen molar-refractivity contribution >= 4 is 39.0 Å². The molecule has 0 aromatic heterocycles. The molecule has 5 heteroatoms. The molecule has 0 fully saturated rings. The van der Waals surface area contributed by atoms with E-state index in [1.165, 1.54) is 24.4 Å². The maximum Gasteiger partial charge on any atom is 0.187 e. The maximum absolute atomic E-state index is 12.9. The molecule has 2 aromatic carbocycles. The Bertz CT molecular complexity index is 655. The summed E-state index contributed by atoms with van der Waals surface area (Å²) in [7, 11) is 0. The smallest absolute Gasteiger partial charge is 0.187 e. The van der Waals surface area contributed by atoms with E-state index >= 15 is 0 Å². The highest BCUT2D eigenvalue weighted by molar-refractivity contribution is 9.10. The summed E-state index contributed by atoms with van der Waals surface area (Å²) >= 11 is 8.98. The standard InChI is InChI=1S/C15H10BrClFNO/c16-13-9-12(18)5-6-14(13)19-8-7-15(20)10-1-3-11(17)4-2-10/h1-9,19H/b8-7+. The van der Waals surface area contributed by atoms with Crippen LogP contribution < -0.4 is 5.32 Å². The Labute approximate surface area is 129 Å². The lowest BCUT2D eigenvalue weighted by atomic mass is 10.1. The Kier molecular flexibility index (Phi) is 4.93. The summed E-state index contributed by atoms with van der Waals surface area (Å²) < 4.78 is 13.5. The highest BCUT2D eigenvalue weighted by Crippen LogP contribution is 2.22. The molecule has 0 amide bonds. The lowest BCUT2D eigenvalue weighted by Gasteiger charge is -2.03. The van der Waals surface area contributed by atoms with Gasteiger partial charge in [-0.05, 0) is 58.4 Å². The van der Waals surface area contributed by atoms with Crippen LogP contribution in [0.3, 0.4) is 0 Å². The normalized spacial score (nSPS) is 10.8. The third-order valence-electron chi connectivity index (χ3n) is 2.53. The second kappa shape index (κ2) is 6.68. The second-order valence-electron chi connectivity index (χ2n) is 3.97. The zero-order valence-corrected chi connectivity index (χ0v) is 12.6. The molecular weight excluding hydrogens is 345 g/mol. The molecule has 0 saturated heterocycles. The summed E-state index contributed by atoms with van der Waals surface area (Å²) in [6, 6.07) is 10.9. The third kappa shape index (κ3) is 3.92. The van der Waals surface area contributed by atoms with Gasteiger partial charge in [-0.15, -0.1) is 0 Å². The van der Waals surface area contributed by atoms with Crippen molar-refractivity contribution in [3.8, 4) is 0 Å². The van der Waals surface area contributed by atoms with Crippen molar-refractivity contribution in [2.24, 2.45) is 0 Å². The summed E-state index contributed by atoms with van der Waals surface area (Å²) in [6.45, 7) is 0. The van der Waals surface area contributed by atoms with E-state index in [-0.39, 0.29) is 11.6 Å². The number of hydrogen-bond donors (Lipinski definition) is 1. The van der Waals surface area contributed by atoms with E-state index in [1.807, 2.05) is 0 Å². The van der Waals surface area contributed by atoms with Crippen LogP contribution in [0.1, 0.15) is 10.4 Å². The molecule has 102 valence electrons. The van der Waals surface area contributed by atoms with Gasteiger partial charge in [-0.3, -0.25) is 4.79 Å². The fraction of sp³-hybridized carbons (Fsp3) is 0. The van der Waals surface area contributed by atoms with Crippen LogP contribution >= 0.6 is 27.5 Å². The minimum Gasteiger partial charge on any atom is -0.361 e. The SMILES string of the molecule is O=C(/C=C/Nc1ccc(F)cc1Br)c1ccc(Cl)cc1. The second-order valence-corrected chi connectivity index (χ2v) is 5.26. The predicted molar refractivity (Wildman–Crippen MR) is 82.6 cm³/mol. The van der Waals surface area contributed by atoms with Gasteiger partial charge >= 0.3 is 0 Å². The van der Waals surface area contributed by atoms with Crippen LogP contribution in [0, 0.1) is 5.82 Å². The van der Waals surface area contributed by atoms with Crippen LogP contribution in [-0.2, 0) is 0 Å². The molecule has 0 heterocycles. The zero-order valence-electron chi connectivity index (χ0n) is 10.2. The van der Waals surface area contributed by atoms with Gasteiger partial charge < -0.3 is 5.32 Å². The minimum atomic E-state index is -0.330. The third-order valence-corrected chi connectivity index (χ3v) is 3.44. The van der Waals surface area contributed by atoms with Crippen LogP contribution in [0.25, 0.3) is 0 Å². The van der Waals surface area contributed by atoms with Crippen molar-refractivity contribution in [3.05, 3.63) is 75.6 Å². The minimum absolute atomic E-state index is 0.146. The van der Waals surface area contributed by atoms with Gasteiger partial charge in [0.1, 0.15) is 5.82 Å². The number of ketones is 1. The fourth-order valence-corrected chi connectivity index (χ4v) is 2.12. The monoisotopic (exact) mass is 353 g/mol. The summed E-state index contributed by atoms with van der Waals surface area (Å²) in [5.41, 5.74) is 1.22. The number of carbonyl (C=O) groups is 1. The molecule has 20 heavy (non-hydrogen) atoms. The highest BCUT2D eigenvalue weighted by Gasteiger charge is 2.02. The van der Waals surface area contributed by atoms with Crippen molar-refractivity contribution in [1.82, 2.24) is 0 Å². The number of rotatable bonds is 4. The molecule has 2 nitrogen and oxygen atoms in total. The first kappa shape index (κ1) is 14.8. The Hall–Kier alpha value is -1.65. The van der Waals surface area contributed by atoms with Crippen molar-refractivity contribution in [3.63, 3.8) is 0 Å². The number of nitrogens with one attached hydrogen (secondary N) is 1. The quantitative estimate of drug-likeness (QED) is 0.615. The van der Waals surface area contributed by atoms with Crippen molar-refractivity contribution < 1.29 is 9.18 Å². The maximum atomic E-state index is 12.9. The number of allylic oxidation sites excluding steroid dienone is 1. The van der Waals surface area contributed by atoms with Gasteiger partial charge in [-0.1, -0.05) is 11.6 Å². The number of anilines is 1. The summed E-state index contributed by atoms with van der Waals surface area (Å²) in [4.78, 5) is 11.8. The van der Waals surface area contributed by atoms with Crippen LogP contribution in [0.4, 0.5) is 10.1 Å². The van der Waals surface area contributed by atoms with E-state index in [9.17, 15) is 9.18 Å². The van der Waals surface area contributed by atoms with Crippen LogP contribution in [0.5, 0.6) is 0 Å². The van der Waals surface area contributed by atoms with Crippen molar-refractivity contribution in [1.29, 1.82) is 0 Å². The lowest BCUT2D eigenvalue weighted by molar-refractivity contribution is 0.104. The number of hydrogen-bond acceptors (Lipinski definition) is 2. The Morgan fingerprint density at radius 1 is 1.20 bits per heavy atom. The highest BCUT2D eigenvalue weighted by atomic mass is 79.9. The van der Waals surface area contributed by atoms with Gasteiger partial charge in [0.2, 0.25) is 0 Å². The Balaban J connectivity index is 2.02. The van der Waals surface area contributed by atoms with Gasteiger partial charge in [0, 0.05) is 27.3 Å². The van der Waals surface area contributed by atoms with Gasteiger partial charge in [-0.25, -0.2) is 4.39 Å². The predicted octanol–water partition coefficient (Wildman–Crippen LogP) is 5.05. The molecule has 0 aliphatic carbocycles. The van der Waals surface area contributed by atoms with E-state index in [0.717, 1.165) is 0 Å². The molecule has 0 unspecified atom stereocenters. The van der Waals surface area contributed by atoms with Gasteiger partial charge in [0.25, 0.3) is 0 Å².